The van der Waals surface area contributed by atoms with Crippen LogP contribution in [0.5, 0.6) is 0 Å². The summed E-state index contributed by atoms with van der Waals surface area (Å²) in [7, 11) is 0.0809. The summed E-state index contributed by atoms with van der Waals surface area (Å²) in [5, 5.41) is 4.49. The highest BCUT2D eigenvalue weighted by Gasteiger charge is 2.30. The molecular formula is C9H19N3O3S. The molecule has 16 heavy (non-hydrogen) atoms. The molecule has 0 spiro atoms. The Labute approximate surface area is 96.4 Å². The van der Waals surface area contributed by atoms with Crippen LogP contribution < -0.4 is 5.14 Å². The number of amides is 1. The number of likely N-dealkylation sites (tertiary alicyclic amines) is 1. The van der Waals surface area contributed by atoms with Gasteiger partial charge in [-0.15, -0.1) is 0 Å². The molecule has 0 unspecified atom stereocenters. The quantitative estimate of drug-likeness (QED) is 0.683. The molecule has 0 aliphatic carbocycles. The first-order chi connectivity index (χ1) is 7.30. The number of sulfonamides is 1. The summed E-state index contributed by atoms with van der Waals surface area (Å²) >= 11 is 0. The van der Waals surface area contributed by atoms with Gasteiger partial charge in [0.2, 0.25) is 15.9 Å². The number of nitrogens with two attached hydrogens (primary N) is 1. The highest BCUT2D eigenvalue weighted by molar-refractivity contribution is 7.89. The lowest BCUT2D eigenvalue weighted by molar-refractivity contribution is -0.132. The summed E-state index contributed by atoms with van der Waals surface area (Å²) in [6.07, 6.45) is 1.24. The molecule has 1 fully saturated rings. The Kier molecular flexibility index (Phi) is 4.28. The number of likely N-dealkylation sites (N-methyl/N-ethyl adjacent to an activating group) is 1. The lowest BCUT2D eigenvalue weighted by Gasteiger charge is -2.32. The van der Waals surface area contributed by atoms with Crippen LogP contribution in [0.25, 0.3) is 0 Å². The Morgan fingerprint density at radius 3 is 2.62 bits per heavy atom. The summed E-state index contributed by atoms with van der Waals surface area (Å²) in [4.78, 5) is 15.1. The van der Waals surface area contributed by atoms with E-state index >= 15 is 0 Å². The number of hydrogen-bond acceptors (Lipinski definition) is 4. The molecule has 1 amide bonds. The number of carbonyl (C=O) groups excluding carboxylic acids is 1. The van der Waals surface area contributed by atoms with Gasteiger partial charge in [-0.2, -0.15) is 0 Å². The normalized spacial score (nSPS) is 22.5. The number of piperidine rings is 1. The Bertz CT molecular complexity index is 353. The van der Waals surface area contributed by atoms with Crippen LogP contribution in [-0.2, 0) is 14.8 Å². The lowest BCUT2D eigenvalue weighted by atomic mass is 10.1. The standard InChI is InChI=1S/C9H19N3O3S/c1-11(2)7-9(13)12-5-3-4-8(6-12)16(10,14)15/h8H,3-7H2,1-2H3,(H2,10,14,15)/t8-/m1/s1. The third kappa shape index (κ3) is 3.73. The Morgan fingerprint density at radius 2 is 2.12 bits per heavy atom. The van der Waals surface area contributed by atoms with Gasteiger partial charge in [0.15, 0.2) is 0 Å². The zero-order valence-electron chi connectivity index (χ0n) is 9.72. The Morgan fingerprint density at radius 1 is 1.50 bits per heavy atom. The Balaban J connectivity index is 2.60. The molecule has 1 heterocycles. The largest absolute Gasteiger partial charge is 0.340 e. The third-order valence-corrected chi connectivity index (χ3v) is 3.96. The average Bonchev–Trinajstić information content (AvgIpc) is 2.15. The van der Waals surface area contributed by atoms with E-state index in [4.69, 9.17) is 5.14 Å². The minimum atomic E-state index is -3.53. The van der Waals surface area contributed by atoms with Crippen molar-refractivity contribution in [2.24, 2.45) is 5.14 Å². The summed E-state index contributed by atoms with van der Waals surface area (Å²) in [6, 6.07) is 0. The van der Waals surface area contributed by atoms with Crippen LogP contribution in [0.15, 0.2) is 0 Å². The van der Waals surface area contributed by atoms with Crippen molar-refractivity contribution < 1.29 is 13.2 Å². The van der Waals surface area contributed by atoms with Crippen LogP contribution in [-0.4, -0.2) is 63.1 Å². The van der Waals surface area contributed by atoms with E-state index in [0.29, 0.717) is 25.9 Å². The summed E-state index contributed by atoms with van der Waals surface area (Å²) in [5.74, 6) is -0.0432. The molecule has 1 rings (SSSR count). The van der Waals surface area contributed by atoms with Crippen molar-refractivity contribution in [3.8, 4) is 0 Å². The molecule has 6 nitrogen and oxygen atoms in total. The van der Waals surface area contributed by atoms with Crippen molar-refractivity contribution >= 4 is 15.9 Å². The SMILES string of the molecule is CN(C)CC(=O)N1CCC[C@@H](S(N)(=O)=O)C1. The first-order valence-electron chi connectivity index (χ1n) is 5.25. The molecule has 0 aromatic rings. The van der Waals surface area contributed by atoms with Crippen molar-refractivity contribution in [2.45, 2.75) is 18.1 Å². The van der Waals surface area contributed by atoms with Gasteiger partial charge < -0.3 is 9.80 Å². The predicted octanol–water partition coefficient (Wildman–Crippen LogP) is -1.17. The molecule has 0 radical (unpaired) electrons. The second-order valence-corrected chi connectivity index (χ2v) is 6.28. The van der Waals surface area contributed by atoms with E-state index in [1.165, 1.54) is 0 Å². The molecule has 1 atom stereocenters. The van der Waals surface area contributed by atoms with E-state index in [2.05, 4.69) is 0 Å². The van der Waals surface area contributed by atoms with Crippen molar-refractivity contribution in [1.82, 2.24) is 9.80 Å². The molecule has 94 valence electrons. The summed E-state index contributed by atoms with van der Waals surface area (Å²) in [5.41, 5.74) is 0. The molecule has 0 aromatic carbocycles. The topological polar surface area (TPSA) is 83.7 Å². The maximum Gasteiger partial charge on any atom is 0.236 e. The predicted molar refractivity (Wildman–Crippen MR) is 61.3 cm³/mol. The van der Waals surface area contributed by atoms with Crippen LogP contribution in [0, 0.1) is 0 Å². The highest BCUT2D eigenvalue weighted by Crippen LogP contribution is 2.15. The van der Waals surface area contributed by atoms with E-state index in [1.54, 1.807) is 23.9 Å². The smallest absolute Gasteiger partial charge is 0.236 e. The molecule has 0 bridgehead atoms. The zero-order chi connectivity index (χ0) is 12.3. The van der Waals surface area contributed by atoms with Crippen LogP contribution in [0.4, 0.5) is 0 Å². The van der Waals surface area contributed by atoms with Gasteiger partial charge >= 0.3 is 0 Å². The van der Waals surface area contributed by atoms with Gasteiger partial charge in [-0.05, 0) is 26.9 Å². The van der Waals surface area contributed by atoms with Crippen LogP contribution >= 0.6 is 0 Å². The molecule has 2 N–H and O–H groups in total. The van der Waals surface area contributed by atoms with Crippen LogP contribution in [0.1, 0.15) is 12.8 Å². The second kappa shape index (κ2) is 5.11. The summed E-state index contributed by atoms with van der Waals surface area (Å²) in [6.45, 7) is 1.15. The van der Waals surface area contributed by atoms with E-state index in [9.17, 15) is 13.2 Å². The van der Waals surface area contributed by atoms with Crippen LogP contribution in [0.3, 0.4) is 0 Å². The first-order valence-corrected chi connectivity index (χ1v) is 6.86. The average molecular weight is 249 g/mol. The molecule has 1 aliphatic heterocycles. The van der Waals surface area contributed by atoms with Crippen LogP contribution in [0.2, 0.25) is 0 Å². The molecule has 1 aliphatic rings. The number of hydrogen-bond donors (Lipinski definition) is 1. The van der Waals surface area contributed by atoms with Crippen molar-refractivity contribution in [3.05, 3.63) is 0 Å². The second-order valence-electron chi connectivity index (χ2n) is 4.43. The van der Waals surface area contributed by atoms with E-state index in [-0.39, 0.29) is 12.5 Å². The minimum Gasteiger partial charge on any atom is -0.340 e. The maximum absolute atomic E-state index is 11.7. The fourth-order valence-corrected chi connectivity index (χ4v) is 2.69. The fourth-order valence-electron chi connectivity index (χ4n) is 1.80. The van der Waals surface area contributed by atoms with E-state index in [1.807, 2.05) is 0 Å². The monoisotopic (exact) mass is 249 g/mol. The first kappa shape index (κ1) is 13.4. The van der Waals surface area contributed by atoms with Crippen molar-refractivity contribution in [2.75, 3.05) is 33.7 Å². The van der Waals surface area contributed by atoms with E-state index < -0.39 is 15.3 Å². The molecule has 1 saturated heterocycles. The number of nitrogens with zero attached hydrogens (tertiary/aromatic N) is 2. The molecule has 0 saturated carbocycles. The van der Waals surface area contributed by atoms with Gasteiger partial charge in [-0.1, -0.05) is 0 Å². The van der Waals surface area contributed by atoms with Gasteiger partial charge in [-0.25, -0.2) is 13.6 Å². The van der Waals surface area contributed by atoms with Gasteiger partial charge in [0.05, 0.1) is 11.8 Å². The number of rotatable bonds is 3. The summed E-state index contributed by atoms with van der Waals surface area (Å²) < 4.78 is 22.4. The zero-order valence-corrected chi connectivity index (χ0v) is 10.5. The fraction of sp³-hybridized carbons (Fsp3) is 0.889. The van der Waals surface area contributed by atoms with Gasteiger partial charge in [0.25, 0.3) is 0 Å². The molecule has 0 aromatic heterocycles. The van der Waals surface area contributed by atoms with E-state index in [0.717, 1.165) is 0 Å². The third-order valence-electron chi connectivity index (χ3n) is 2.65. The van der Waals surface area contributed by atoms with Gasteiger partial charge in [0.1, 0.15) is 0 Å². The number of primary sulfonamides is 1. The lowest BCUT2D eigenvalue weighted by Crippen LogP contribution is -2.49. The molecule has 7 heteroatoms. The Hall–Kier alpha value is -0.660. The maximum atomic E-state index is 11.7. The van der Waals surface area contributed by atoms with Gasteiger partial charge in [-0.3, -0.25) is 4.79 Å². The van der Waals surface area contributed by atoms with Gasteiger partial charge in [0, 0.05) is 13.1 Å². The minimum absolute atomic E-state index is 0.0432. The number of carbonyl (C=O) groups is 1. The van der Waals surface area contributed by atoms with Crippen molar-refractivity contribution in [3.63, 3.8) is 0 Å². The van der Waals surface area contributed by atoms with Crippen molar-refractivity contribution in [1.29, 1.82) is 0 Å². The molecular weight excluding hydrogens is 230 g/mol. The highest BCUT2D eigenvalue weighted by atomic mass is 32.2.